The smallest absolute Gasteiger partial charge is 0.255 e. The minimum Gasteiger partial charge on any atom is -0.496 e. The summed E-state index contributed by atoms with van der Waals surface area (Å²) in [5, 5.41) is 2.98. The van der Waals surface area contributed by atoms with E-state index in [0.29, 0.717) is 22.9 Å². The lowest BCUT2D eigenvalue weighted by Gasteiger charge is -2.16. The zero-order valence-electron chi connectivity index (χ0n) is 12.2. The van der Waals surface area contributed by atoms with Gasteiger partial charge in [-0.25, -0.2) is 0 Å². The lowest BCUT2D eigenvalue weighted by Crippen LogP contribution is -2.33. The van der Waals surface area contributed by atoms with E-state index < -0.39 is 0 Å². The van der Waals surface area contributed by atoms with E-state index in [2.05, 4.69) is 19.2 Å². The van der Waals surface area contributed by atoms with Crippen LogP contribution in [-0.2, 0) is 0 Å². The molecule has 0 spiro atoms. The van der Waals surface area contributed by atoms with Gasteiger partial charge in [-0.15, -0.1) is 0 Å². The summed E-state index contributed by atoms with van der Waals surface area (Å²) in [4.78, 5) is 12.2. The van der Waals surface area contributed by atoms with Crippen molar-refractivity contribution in [3.05, 3.63) is 23.8 Å². The molecular weight excluding hydrogens is 240 g/mol. The zero-order valence-corrected chi connectivity index (χ0v) is 12.2. The average molecular weight is 264 g/mol. The summed E-state index contributed by atoms with van der Waals surface area (Å²) >= 11 is 0. The van der Waals surface area contributed by atoms with E-state index in [-0.39, 0.29) is 11.9 Å². The van der Waals surface area contributed by atoms with Crippen LogP contribution in [0.4, 0.5) is 5.69 Å². The molecule has 106 valence electrons. The summed E-state index contributed by atoms with van der Waals surface area (Å²) in [6.07, 6.45) is 2.06. The second-order valence-corrected chi connectivity index (χ2v) is 5.31. The fourth-order valence-corrected chi connectivity index (χ4v) is 1.86. The molecule has 1 rings (SSSR count). The van der Waals surface area contributed by atoms with Crippen LogP contribution in [-0.4, -0.2) is 19.1 Å². The van der Waals surface area contributed by atoms with E-state index in [4.69, 9.17) is 10.5 Å². The number of amides is 1. The topological polar surface area (TPSA) is 64.3 Å². The van der Waals surface area contributed by atoms with Crippen molar-refractivity contribution in [2.75, 3.05) is 12.8 Å². The van der Waals surface area contributed by atoms with Crippen molar-refractivity contribution in [3.8, 4) is 5.75 Å². The van der Waals surface area contributed by atoms with Gasteiger partial charge in [-0.1, -0.05) is 13.8 Å². The van der Waals surface area contributed by atoms with Crippen molar-refractivity contribution in [2.24, 2.45) is 5.92 Å². The van der Waals surface area contributed by atoms with Crippen molar-refractivity contribution in [2.45, 2.75) is 39.7 Å². The van der Waals surface area contributed by atoms with Gasteiger partial charge in [0.15, 0.2) is 0 Å². The predicted molar refractivity (Wildman–Crippen MR) is 78.4 cm³/mol. The first-order valence-corrected chi connectivity index (χ1v) is 6.68. The Morgan fingerprint density at radius 3 is 2.58 bits per heavy atom. The highest BCUT2D eigenvalue weighted by atomic mass is 16.5. The maximum Gasteiger partial charge on any atom is 0.255 e. The number of ether oxygens (including phenoxy) is 1. The van der Waals surface area contributed by atoms with Crippen molar-refractivity contribution in [3.63, 3.8) is 0 Å². The highest BCUT2D eigenvalue weighted by Crippen LogP contribution is 2.21. The highest BCUT2D eigenvalue weighted by molar-refractivity contribution is 5.98. The maximum atomic E-state index is 12.2. The van der Waals surface area contributed by atoms with Crippen LogP contribution in [0.3, 0.4) is 0 Å². The molecule has 0 saturated heterocycles. The number of anilines is 1. The molecule has 0 aromatic heterocycles. The summed E-state index contributed by atoms with van der Waals surface area (Å²) in [6, 6.07) is 5.21. The van der Waals surface area contributed by atoms with Gasteiger partial charge in [-0.2, -0.15) is 0 Å². The number of hydrogen-bond acceptors (Lipinski definition) is 3. The molecule has 0 aliphatic heterocycles. The Kier molecular flexibility index (Phi) is 5.67. The molecule has 4 heteroatoms. The number of rotatable bonds is 6. The summed E-state index contributed by atoms with van der Waals surface area (Å²) in [7, 11) is 1.55. The SMILES string of the molecule is COc1ccc(N)cc1C(=O)NC(C)CCC(C)C. The van der Waals surface area contributed by atoms with Gasteiger partial charge in [-0.05, 0) is 43.9 Å². The number of benzene rings is 1. The molecule has 1 atom stereocenters. The lowest BCUT2D eigenvalue weighted by atomic mass is 10.0. The van der Waals surface area contributed by atoms with Crippen LogP contribution < -0.4 is 15.8 Å². The van der Waals surface area contributed by atoms with Crippen molar-refractivity contribution in [1.29, 1.82) is 0 Å². The third kappa shape index (κ3) is 4.81. The Morgan fingerprint density at radius 1 is 1.32 bits per heavy atom. The molecule has 0 saturated carbocycles. The Hall–Kier alpha value is -1.71. The van der Waals surface area contributed by atoms with E-state index >= 15 is 0 Å². The van der Waals surface area contributed by atoms with Crippen LogP contribution >= 0.6 is 0 Å². The number of carbonyl (C=O) groups excluding carboxylic acids is 1. The third-order valence-electron chi connectivity index (χ3n) is 3.02. The average Bonchev–Trinajstić information content (AvgIpc) is 2.36. The van der Waals surface area contributed by atoms with E-state index in [1.807, 2.05) is 6.92 Å². The number of nitrogens with one attached hydrogen (secondary N) is 1. The summed E-state index contributed by atoms with van der Waals surface area (Å²) < 4.78 is 5.18. The van der Waals surface area contributed by atoms with E-state index in [1.165, 1.54) is 0 Å². The number of nitrogen functional groups attached to an aromatic ring is 1. The fourth-order valence-electron chi connectivity index (χ4n) is 1.86. The van der Waals surface area contributed by atoms with Crippen LogP contribution in [0.25, 0.3) is 0 Å². The molecule has 1 aromatic rings. The van der Waals surface area contributed by atoms with Crippen molar-refractivity contribution >= 4 is 11.6 Å². The van der Waals surface area contributed by atoms with E-state index in [1.54, 1.807) is 25.3 Å². The van der Waals surface area contributed by atoms with Crippen LogP contribution in [0.5, 0.6) is 5.75 Å². The second kappa shape index (κ2) is 7.02. The first-order valence-electron chi connectivity index (χ1n) is 6.68. The van der Waals surface area contributed by atoms with E-state index in [9.17, 15) is 4.79 Å². The molecule has 0 heterocycles. The molecule has 1 amide bonds. The normalized spacial score (nSPS) is 12.3. The molecule has 3 N–H and O–H groups in total. The van der Waals surface area contributed by atoms with Gasteiger partial charge in [0, 0.05) is 11.7 Å². The van der Waals surface area contributed by atoms with Crippen molar-refractivity contribution in [1.82, 2.24) is 5.32 Å². The first-order chi connectivity index (χ1) is 8.93. The lowest BCUT2D eigenvalue weighted by molar-refractivity contribution is 0.0934. The summed E-state index contributed by atoms with van der Waals surface area (Å²) in [5.74, 6) is 1.05. The van der Waals surface area contributed by atoms with E-state index in [0.717, 1.165) is 12.8 Å². The van der Waals surface area contributed by atoms with Gasteiger partial charge >= 0.3 is 0 Å². The minimum atomic E-state index is -0.139. The van der Waals surface area contributed by atoms with Crippen molar-refractivity contribution < 1.29 is 9.53 Å². The molecule has 1 aromatic carbocycles. The Bertz CT molecular complexity index is 430. The molecular formula is C15H24N2O2. The van der Waals surface area contributed by atoms with Gasteiger partial charge < -0.3 is 15.8 Å². The molecule has 0 aliphatic carbocycles. The molecule has 0 bridgehead atoms. The third-order valence-corrected chi connectivity index (χ3v) is 3.02. The fraction of sp³-hybridized carbons (Fsp3) is 0.533. The summed E-state index contributed by atoms with van der Waals surface area (Å²) in [5.41, 5.74) is 6.76. The Morgan fingerprint density at radius 2 is 2.00 bits per heavy atom. The highest BCUT2D eigenvalue weighted by Gasteiger charge is 2.15. The maximum absolute atomic E-state index is 12.2. The monoisotopic (exact) mass is 264 g/mol. The minimum absolute atomic E-state index is 0.139. The molecule has 4 nitrogen and oxygen atoms in total. The second-order valence-electron chi connectivity index (χ2n) is 5.31. The standard InChI is InChI=1S/C15H24N2O2/c1-10(2)5-6-11(3)17-15(18)13-9-12(16)7-8-14(13)19-4/h7-11H,5-6,16H2,1-4H3,(H,17,18). The molecule has 1 unspecified atom stereocenters. The molecule has 19 heavy (non-hydrogen) atoms. The Labute approximate surface area is 115 Å². The van der Waals surface area contributed by atoms with Crippen LogP contribution in [0.1, 0.15) is 44.0 Å². The van der Waals surface area contributed by atoms with Crippen LogP contribution in [0, 0.1) is 5.92 Å². The quantitative estimate of drug-likeness (QED) is 0.776. The van der Waals surface area contributed by atoms with Gasteiger partial charge in [0.2, 0.25) is 0 Å². The summed E-state index contributed by atoms with van der Waals surface area (Å²) in [6.45, 7) is 6.37. The predicted octanol–water partition coefficient (Wildman–Crippen LogP) is 2.83. The number of nitrogens with two attached hydrogens (primary N) is 1. The van der Waals surface area contributed by atoms with Crippen LogP contribution in [0.2, 0.25) is 0 Å². The van der Waals surface area contributed by atoms with Gasteiger partial charge in [-0.3, -0.25) is 4.79 Å². The zero-order chi connectivity index (χ0) is 14.4. The number of hydrogen-bond donors (Lipinski definition) is 2. The number of carbonyl (C=O) groups is 1. The molecule has 0 fully saturated rings. The number of methoxy groups -OCH3 is 1. The van der Waals surface area contributed by atoms with Gasteiger partial charge in [0.25, 0.3) is 5.91 Å². The first kappa shape index (κ1) is 15.3. The van der Waals surface area contributed by atoms with Gasteiger partial charge in [0.05, 0.1) is 12.7 Å². The molecule has 0 aliphatic rings. The largest absolute Gasteiger partial charge is 0.496 e. The van der Waals surface area contributed by atoms with Gasteiger partial charge in [0.1, 0.15) is 5.75 Å². The van der Waals surface area contributed by atoms with Crippen LogP contribution in [0.15, 0.2) is 18.2 Å². The Balaban J connectivity index is 2.69. The molecule has 0 radical (unpaired) electrons.